The monoisotopic (exact) mass is 161 g/mol. The van der Waals surface area contributed by atoms with Gasteiger partial charge in [0.05, 0.1) is 12.7 Å². The smallest absolute Gasteiger partial charge is 0.278 e. The summed E-state index contributed by atoms with van der Waals surface area (Å²) in [6, 6.07) is 0. The van der Waals surface area contributed by atoms with E-state index >= 15 is 0 Å². The zero-order chi connectivity index (χ0) is 7.56. The Balaban J connectivity index is 2.39. The summed E-state index contributed by atoms with van der Waals surface area (Å²) >= 11 is 3.71. The highest BCUT2D eigenvalue weighted by atomic mass is 32.1. The van der Waals surface area contributed by atoms with Crippen LogP contribution in [0.1, 0.15) is 6.92 Å². The fourth-order valence-electron chi connectivity index (χ4n) is 0.992. The number of thiol groups is 1. The third-order valence-corrected chi connectivity index (χ3v) is 1.79. The molecule has 1 unspecified atom stereocenters. The van der Waals surface area contributed by atoms with Crippen molar-refractivity contribution in [1.29, 1.82) is 0 Å². The fourth-order valence-corrected chi connectivity index (χ4v) is 1.17. The predicted octanol–water partition coefficient (Wildman–Crippen LogP) is 0.757. The molecule has 1 heterocycles. The summed E-state index contributed by atoms with van der Waals surface area (Å²) in [5.41, 5.74) is 0. The maximum Gasteiger partial charge on any atom is 0.278 e. The fraction of sp³-hybridized carbons (Fsp3) is 0.833. The minimum Gasteiger partial charge on any atom is -0.375 e. The lowest BCUT2D eigenvalue weighted by Gasteiger charge is -2.29. The zero-order valence-electron chi connectivity index (χ0n) is 5.91. The molecule has 1 aliphatic rings. The van der Waals surface area contributed by atoms with Crippen molar-refractivity contribution < 1.29 is 9.53 Å². The van der Waals surface area contributed by atoms with Crippen LogP contribution in [0.5, 0.6) is 0 Å². The van der Waals surface area contributed by atoms with Crippen molar-refractivity contribution in [1.82, 2.24) is 4.90 Å². The van der Waals surface area contributed by atoms with E-state index in [2.05, 4.69) is 12.6 Å². The van der Waals surface area contributed by atoms with Gasteiger partial charge in [0.2, 0.25) is 0 Å². The van der Waals surface area contributed by atoms with E-state index < -0.39 is 0 Å². The van der Waals surface area contributed by atoms with Crippen LogP contribution in [0, 0.1) is 0 Å². The first-order valence-electron chi connectivity index (χ1n) is 3.29. The molecule has 0 N–H and O–H groups in total. The number of nitrogens with zero attached hydrogens (tertiary/aromatic N) is 1. The first-order valence-corrected chi connectivity index (χ1v) is 3.74. The van der Waals surface area contributed by atoms with Crippen molar-refractivity contribution in [2.24, 2.45) is 0 Å². The van der Waals surface area contributed by atoms with E-state index in [1.54, 1.807) is 4.90 Å². The van der Waals surface area contributed by atoms with E-state index in [9.17, 15) is 4.79 Å². The molecule has 1 rings (SSSR count). The molecular formula is C6H11NO2S. The summed E-state index contributed by atoms with van der Waals surface area (Å²) in [4.78, 5) is 12.4. The van der Waals surface area contributed by atoms with Crippen molar-refractivity contribution in [3.05, 3.63) is 0 Å². The molecule has 0 saturated carbocycles. The third kappa shape index (κ3) is 1.88. The normalized spacial score (nSPS) is 26.6. The van der Waals surface area contributed by atoms with E-state index in [1.165, 1.54) is 0 Å². The summed E-state index contributed by atoms with van der Waals surface area (Å²) in [7, 11) is 0. The number of ether oxygens (including phenoxy) is 1. The van der Waals surface area contributed by atoms with Gasteiger partial charge in [0.1, 0.15) is 0 Å². The lowest BCUT2D eigenvalue weighted by Crippen LogP contribution is -2.42. The SMILES string of the molecule is CC1CN(C(=O)S)CCO1. The molecule has 0 aliphatic carbocycles. The largest absolute Gasteiger partial charge is 0.375 e. The second-order valence-corrected chi connectivity index (χ2v) is 2.79. The van der Waals surface area contributed by atoms with Gasteiger partial charge in [-0.15, -0.1) is 0 Å². The second-order valence-electron chi connectivity index (χ2n) is 2.41. The van der Waals surface area contributed by atoms with Gasteiger partial charge < -0.3 is 9.64 Å². The molecule has 0 aromatic heterocycles. The highest BCUT2D eigenvalue weighted by molar-refractivity contribution is 7.96. The van der Waals surface area contributed by atoms with Crippen molar-refractivity contribution in [2.75, 3.05) is 19.7 Å². The Kier molecular flexibility index (Phi) is 2.56. The Morgan fingerprint density at radius 2 is 2.50 bits per heavy atom. The van der Waals surface area contributed by atoms with Gasteiger partial charge in [-0.1, -0.05) is 12.6 Å². The Bertz CT molecular complexity index is 140. The molecule has 0 aromatic rings. The number of amides is 1. The molecule has 58 valence electrons. The van der Waals surface area contributed by atoms with Crippen molar-refractivity contribution >= 4 is 17.9 Å². The van der Waals surface area contributed by atoms with Gasteiger partial charge in [-0.3, -0.25) is 4.79 Å². The molecule has 0 aromatic carbocycles. The minimum absolute atomic E-state index is 0.157. The summed E-state index contributed by atoms with van der Waals surface area (Å²) in [5, 5.41) is -0.157. The third-order valence-electron chi connectivity index (χ3n) is 1.51. The minimum atomic E-state index is -0.157. The predicted molar refractivity (Wildman–Crippen MR) is 41.4 cm³/mol. The number of morpholine rings is 1. The lowest BCUT2D eigenvalue weighted by molar-refractivity contribution is 0.000605. The van der Waals surface area contributed by atoms with Crippen LogP contribution in [0.2, 0.25) is 0 Å². The number of hydrogen-bond donors (Lipinski definition) is 1. The molecule has 1 amide bonds. The molecular weight excluding hydrogens is 150 g/mol. The highest BCUT2D eigenvalue weighted by Gasteiger charge is 2.18. The van der Waals surface area contributed by atoms with Gasteiger partial charge in [0, 0.05) is 13.1 Å². The van der Waals surface area contributed by atoms with Crippen LogP contribution in [-0.2, 0) is 4.74 Å². The molecule has 0 spiro atoms. The van der Waals surface area contributed by atoms with E-state index in [0.29, 0.717) is 19.7 Å². The molecule has 1 saturated heterocycles. The highest BCUT2D eigenvalue weighted by Crippen LogP contribution is 2.05. The Labute approximate surface area is 65.7 Å². The van der Waals surface area contributed by atoms with Crippen LogP contribution in [0.25, 0.3) is 0 Å². The van der Waals surface area contributed by atoms with E-state index in [1.807, 2.05) is 6.92 Å². The van der Waals surface area contributed by atoms with Crippen molar-refractivity contribution in [2.45, 2.75) is 13.0 Å². The van der Waals surface area contributed by atoms with Gasteiger partial charge in [-0.25, -0.2) is 0 Å². The van der Waals surface area contributed by atoms with Crippen molar-refractivity contribution in [3.63, 3.8) is 0 Å². The summed E-state index contributed by atoms with van der Waals surface area (Å²) in [6.45, 7) is 3.92. The topological polar surface area (TPSA) is 29.5 Å². The van der Waals surface area contributed by atoms with E-state index in [-0.39, 0.29) is 11.3 Å². The van der Waals surface area contributed by atoms with Crippen molar-refractivity contribution in [3.8, 4) is 0 Å². The number of hydrogen-bond acceptors (Lipinski definition) is 2. The zero-order valence-corrected chi connectivity index (χ0v) is 6.80. The average Bonchev–Trinajstić information content (AvgIpc) is 1.88. The molecule has 1 atom stereocenters. The molecule has 10 heavy (non-hydrogen) atoms. The van der Waals surface area contributed by atoms with Gasteiger partial charge in [-0.05, 0) is 6.92 Å². The van der Waals surface area contributed by atoms with Crippen LogP contribution >= 0.6 is 12.6 Å². The van der Waals surface area contributed by atoms with Gasteiger partial charge in [0.15, 0.2) is 0 Å². The van der Waals surface area contributed by atoms with Gasteiger partial charge in [-0.2, -0.15) is 0 Å². The number of carbonyl (C=O) groups excluding carboxylic acids is 1. The van der Waals surface area contributed by atoms with Gasteiger partial charge >= 0.3 is 0 Å². The van der Waals surface area contributed by atoms with Crippen LogP contribution in [0.3, 0.4) is 0 Å². The first-order chi connectivity index (χ1) is 4.70. The van der Waals surface area contributed by atoms with E-state index in [0.717, 1.165) is 0 Å². The second kappa shape index (κ2) is 3.25. The summed E-state index contributed by atoms with van der Waals surface area (Å²) in [6.07, 6.45) is 0.157. The van der Waals surface area contributed by atoms with E-state index in [4.69, 9.17) is 4.74 Å². The molecule has 0 radical (unpaired) electrons. The van der Waals surface area contributed by atoms with Crippen LogP contribution < -0.4 is 0 Å². The molecule has 4 heteroatoms. The van der Waals surface area contributed by atoms with Gasteiger partial charge in [0.25, 0.3) is 5.24 Å². The average molecular weight is 161 g/mol. The Morgan fingerprint density at radius 3 is 2.90 bits per heavy atom. The van der Waals surface area contributed by atoms with Crippen LogP contribution in [-0.4, -0.2) is 35.9 Å². The molecule has 0 bridgehead atoms. The summed E-state index contributed by atoms with van der Waals surface area (Å²) < 4.78 is 5.23. The maximum atomic E-state index is 10.7. The first kappa shape index (κ1) is 7.88. The quantitative estimate of drug-likeness (QED) is 0.531. The lowest BCUT2D eigenvalue weighted by atomic mass is 10.3. The Morgan fingerprint density at radius 1 is 1.80 bits per heavy atom. The number of rotatable bonds is 0. The molecule has 3 nitrogen and oxygen atoms in total. The molecule has 1 aliphatic heterocycles. The maximum absolute atomic E-state index is 10.7. The van der Waals surface area contributed by atoms with Crippen LogP contribution in [0.4, 0.5) is 4.79 Å². The standard InChI is InChI=1S/C6H11NO2S/c1-5-4-7(6(8)10)2-3-9-5/h5H,2-4H2,1H3,(H,8,10). The van der Waals surface area contributed by atoms with Crippen LogP contribution in [0.15, 0.2) is 0 Å². The Hall–Kier alpha value is -0.220. The molecule has 1 fully saturated rings. The number of carbonyl (C=O) groups is 1. The summed E-state index contributed by atoms with van der Waals surface area (Å²) in [5.74, 6) is 0.